The van der Waals surface area contributed by atoms with Gasteiger partial charge in [0.2, 0.25) is 0 Å². The lowest BCUT2D eigenvalue weighted by molar-refractivity contribution is -0.147. The Balaban J connectivity index is 1.76. The number of rotatable bonds is 5. The maximum Gasteiger partial charge on any atom is 0.311 e. The minimum atomic E-state index is -0.689. The van der Waals surface area contributed by atoms with Gasteiger partial charge in [-0.2, -0.15) is 0 Å². The third-order valence-electron chi connectivity index (χ3n) is 3.67. The second-order valence-electron chi connectivity index (χ2n) is 5.39. The van der Waals surface area contributed by atoms with Crippen LogP contribution in [0, 0.1) is 12.7 Å². The van der Waals surface area contributed by atoms with E-state index in [1.807, 2.05) is 0 Å². The summed E-state index contributed by atoms with van der Waals surface area (Å²) in [5.41, 5.74) is 2.14. The van der Waals surface area contributed by atoms with E-state index in [1.54, 1.807) is 37.4 Å². The van der Waals surface area contributed by atoms with Crippen LogP contribution in [0.3, 0.4) is 0 Å². The number of nitrogens with zero attached hydrogens (tertiary/aromatic N) is 2. The maximum absolute atomic E-state index is 13.8. The highest BCUT2D eigenvalue weighted by Gasteiger charge is 2.22. The molecule has 0 saturated heterocycles. The number of halogens is 2. The minimum Gasteiger partial charge on any atom is -0.457 e. The van der Waals surface area contributed by atoms with E-state index in [1.165, 1.54) is 17.4 Å². The molecular weight excluding hydrogens is 411 g/mol. The van der Waals surface area contributed by atoms with E-state index >= 15 is 0 Å². The molecule has 0 aliphatic heterocycles. The molecule has 0 aliphatic carbocycles. The van der Waals surface area contributed by atoms with Gasteiger partial charge in [-0.05, 0) is 35.8 Å². The molecule has 0 radical (unpaired) electrons. The molecule has 1 atom stereocenters. The van der Waals surface area contributed by atoms with Gasteiger partial charge in [0.05, 0.1) is 12.1 Å². The van der Waals surface area contributed by atoms with E-state index in [0.717, 1.165) is 0 Å². The summed E-state index contributed by atoms with van der Waals surface area (Å²) in [6.07, 6.45) is -0.718. The molecule has 3 rings (SSSR count). The first-order valence-electron chi connectivity index (χ1n) is 7.46. The van der Waals surface area contributed by atoms with Crippen molar-refractivity contribution in [1.82, 2.24) is 10.1 Å². The van der Waals surface area contributed by atoms with Gasteiger partial charge in [0.25, 0.3) is 0 Å². The van der Waals surface area contributed by atoms with Crippen molar-refractivity contribution in [2.45, 2.75) is 26.4 Å². The van der Waals surface area contributed by atoms with Gasteiger partial charge < -0.3 is 9.26 Å². The van der Waals surface area contributed by atoms with Crippen LogP contribution in [0.2, 0.25) is 0 Å². The van der Waals surface area contributed by atoms with Crippen molar-refractivity contribution in [1.29, 1.82) is 0 Å². The number of aromatic nitrogens is 2. The summed E-state index contributed by atoms with van der Waals surface area (Å²) < 4.78 is 25.2. The molecule has 0 amide bonds. The number of thiazole rings is 1. The average Bonchev–Trinajstić information content (AvgIpc) is 3.14. The Morgan fingerprint density at radius 1 is 1.44 bits per heavy atom. The fraction of sp³-hybridized carbons (Fsp3) is 0.235. The van der Waals surface area contributed by atoms with Gasteiger partial charge in [-0.15, -0.1) is 11.3 Å². The van der Waals surface area contributed by atoms with Crippen LogP contribution in [0.5, 0.6) is 0 Å². The Labute approximate surface area is 156 Å². The lowest BCUT2D eigenvalue weighted by Crippen LogP contribution is -2.13. The van der Waals surface area contributed by atoms with Gasteiger partial charge in [0.1, 0.15) is 17.6 Å². The Morgan fingerprint density at radius 2 is 2.20 bits per heavy atom. The normalized spacial score (nSPS) is 12.2. The fourth-order valence-electron chi connectivity index (χ4n) is 2.41. The Morgan fingerprint density at radius 3 is 2.88 bits per heavy atom. The molecule has 25 heavy (non-hydrogen) atoms. The molecule has 0 aliphatic rings. The molecule has 130 valence electrons. The van der Waals surface area contributed by atoms with Crippen molar-refractivity contribution in [2.75, 3.05) is 0 Å². The van der Waals surface area contributed by atoms with Crippen LogP contribution in [0.25, 0.3) is 11.5 Å². The highest BCUT2D eigenvalue weighted by Crippen LogP contribution is 2.30. The van der Waals surface area contributed by atoms with Gasteiger partial charge >= 0.3 is 5.97 Å². The van der Waals surface area contributed by atoms with Gasteiger partial charge in [0, 0.05) is 16.5 Å². The maximum atomic E-state index is 13.8. The van der Waals surface area contributed by atoms with Crippen molar-refractivity contribution in [2.24, 2.45) is 0 Å². The predicted octanol–water partition coefficient (Wildman–Crippen LogP) is 4.86. The smallest absolute Gasteiger partial charge is 0.311 e. The summed E-state index contributed by atoms with van der Waals surface area (Å²) >= 11 is 4.70. The van der Waals surface area contributed by atoms with Crippen LogP contribution >= 0.6 is 27.3 Å². The molecule has 8 heteroatoms. The minimum absolute atomic E-state index is 0.0292. The first-order chi connectivity index (χ1) is 12.0. The second-order valence-corrected chi connectivity index (χ2v) is 7.53. The van der Waals surface area contributed by atoms with E-state index in [0.29, 0.717) is 32.2 Å². The molecule has 2 heterocycles. The predicted molar refractivity (Wildman–Crippen MR) is 94.7 cm³/mol. The molecule has 0 N–H and O–H groups in total. The van der Waals surface area contributed by atoms with Gasteiger partial charge in [-0.3, -0.25) is 4.79 Å². The number of carbonyl (C=O) groups is 1. The Hall–Kier alpha value is -2.06. The fourth-order valence-corrected chi connectivity index (χ4v) is 3.40. The molecule has 3 aromatic rings. The third kappa shape index (κ3) is 3.96. The molecule has 2 aromatic heterocycles. The molecule has 0 saturated carbocycles. The third-order valence-corrected chi connectivity index (χ3v) is 5.03. The molecule has 0 bridgehead atoms. The van der Waals surface area contributed by atoms with Crippen LogP contribution in [-0.2, 0) is 16.0 Å². The molecule has 0 spiro atoms. The average molecular weight is 425 g/mol. The number of aryl methyl sites for hydroxylation is 1. The van der Waals surface area contributed by atoms with E-state index in [-0.39, 0.29) is 6.42 Å². The number of carbonyl (C=O) groups excluding carboxylic acids is 1. The van der Waals surface area contributed by atoms with Crippen LogP contribution in [0.1, 0.15) is 29.8 Å². The second kappa shape index (κ2) is 7.45. The van der Waals surface area contributed by atoms with Crippen LogP contribution in [0.15, 0.2) is 38.1 Å². The topological polar surface area (TPSA) is 65.2 Å². The molecule has 0 unspecified atom stereocenters. The van der Waals surface area contributed by atoms with Crippen molar-refractivity contribution in [3.8, 4) is 11.5 Å². The number of hydrogen-bond acceptors (Lipinski definition) is 6. The highest BCUT2D eigenvalue weighted by atomic mass is 79.9. The van der Waals surface area contributed by atoms with Crippen LogP contribution in [-0.4, -0.2) is 16.1 Å². The SMILES string of the molecule is Cc1noc(-c2csc(Br)n2)c1CC(=O)O[C@H](C)c1ccccc1F. The van der Waals surface area contributed by atoms with Gasteiger partial charge in [-0.1, -0.05) is 23.4 Å². The quantitative estimate of drug-likeness (QED) is 0.547. The lowest BCUT2D eigenvalue weighted by atomic mass is 10.1. The van der Waals surface area contributed by atoms with Crippen molar-refractivity contribution in [3.05, 3.63) is 56.2 Å². The van der Waals surface area contributed by atoms with Gasteiger partial charge in [-0.25, -0.2) is 9.37 Å². The summed E-state index contributed by atoms with van der Waals surface area (Å²) in [6.45, 7) is 3.38. The largest absolute Gasteiger partial charge is 0.457 e. The zero-order valence-corrected chi connectivity index (χ0v) is 15.9. The highest BCUT2D eigenvalue weighted by molar-refractivity contribution is 9.11. The standard InChI is InChI=1S/C17H14BrFN2O3S/c1-9-12(16(24-21-9)14-8-25-17(18)20-14)7-15(22)23-10(2)11-5-3-4-6-13(11)19/h3-6,8,10H,7H2,1-2H3/t10-/m1/s1. The summed E-state index contributed by atoms with van der Waals surface area (Å²) in [7, 11) is 0. The summed E-state index contributed by atoms with van der Waals surface area (Å²) in [6, 6.07) is 6.22. The van der Waals surface area contributed by atoms with Crippen molar-refractivity contribution >= 4 is 33.2 Å². The molecule has 1 aromatic carbocycles. The number of esters is 1. The zero-order valence-electron chi connectivity index (χ0n) is 13.5. The van der Waals surface area contributed by atoms with E-state index in [2.05, 4.69) is 26.1 Å². The summed E-state index contributed by atoms with van der Waals surface area (Å²) in [5, 5.41) is 5.72. The molecule has 5 nitrogen and oxygen atoms in total. The summed E-state index contributed by atoms with van der Waals surface area (Å²) in [5.74, 6) is -0.454. The number of hydrogen-bond donors (Lipinski definition) is 0. The summed E-state index contributed by atoms with van der Waals surface area (Å²) in [4.78, 5) is 16.6. The van der Waals surface area contributed by atoms with E-state index in [4.69, 9.17) is 9.26 Å². The zero-order chi connectivity index (χ0) is 18.0. The van der Waals surface area contributed by atoms with Gasteiger partial charge in [0.15, 0.2) is 9.68 Å². The monoisotopic (exact) mass is 424 g/mol. The number of benzene rings is 1. The lowest BCUT2D eigenvalue weighted by Gasteiger charge is -2.14. The van der Waals surface area contributed by atoms with E-state index < -0.39 is 17.9 Å². The van der Waals surface area contributed by atoms with Crippen LogP contribution < -0.4 is 0 Å². The van der Waals surface area contributed by atoms with Crippen molar-refractivity contribution in [3.63, 3.8) is 0 Å². The first kappa shape index (κ1) is 17.8. The first-order valence-corrected chi connectivity index (χ1v) is 9.13. The molecular formula is C17H14BrFN2O3S. The van der Waals surface area contributed by atoms with Crippen LogP contribution in [0.4, 0.5) is 4.39 Å². The van der Waals surface area contributed by atoms with Crippen molar-refractivity contribution < 1.29 is 18.4 Å². The molecule has 0 fully saturated rings. The Kier molecular flexibility index (Phi) is 5.29. The Bertz CT molecular complexity index is 909. The van der Waals surface area contributed by atoms with E-state index in [9.17, 15) is 9.18 Å². The number of ether oxygens (including phenoxy) is 1.